The smallest absolute Gasteiger partial charge is 0.318 e. The molecule has 1 aliphatic rings. The van der Waals surface area contributed by atoms with Crippen LogP contribution < -0.4 is 4.90 Å². The number of pyridine rings is 1. The van der Waals surface area contributed by atoms with Gasteiger partial charge in [-0.15, -0.1) is 16.9 Å². The third kappa shape index (κ3) is 3.78. The molecule has 2 aromatic heterocycles. The molecule has 1 fully saturated rings. The molecule has 1 unspecified atom stereocenters. The van der Waals surface area contributed by atoms with Crippen molar-refractivity contribution < 1.29 is 9.15 Å². The molecule has 118 valence electrons. The maximum atomic E-state index is 5.83. The Kier molecular flexibility index (Phi) is 5.29. The van der Waals surface area contributed by atoms with Gasteiger partial charge in [-0.05, 0) is 18.6 Å². The number of morpholine rings is 1. The van der Waals surface area contributed by atoms with Gasteiger partial charge >= 0.3 is 6.01 Å². The van der Waals surface area contributed by atoms with E-state index in [4.69, 9.17) is 9.15 Å². The zero-order valence-corrected chi connectivity index (χ0v) is 13.5. The second-order valence-electron chi connectivity index (χ2n) is 5.16. The second kappa shape index (κ2) is 7.60. The van der Waals surface area contributed by atoms with E-state index in [9.17, 15) is 0 Å². The quantitative estimate of drug-likeness (QED) is 0.758. The molecular formula is C15H20N4O2S. The van der Waals surface area contributed by atoms with Crippen molar-refractivity contribution in [2.45, 2.75) is 36.5 Å². The number of hydrogen-bond donors (Lipinski definition) is 0. The van der Waals surface area contributed by atoms with E-state index >= 15 is 0 Å². The van der Waals surface area contributed by atoms with Gasteiger partial charge in [0.15, 0.2) is 0 Å². The number of nitrogens with zero attached hydrogens (tertiary/aromatic N) is 4. The van der Waals surface area contributed by atoms with Gasteiger partial charge in [0.25, 0.3) is 0 Å². The summed E-state index contributed by atoms with van der Waals surface area (Å²) >= 11 is 1.67. The summed E-state index contributed by atoms with van der Waals surface area (Å²) in [6.45, 7) is 4.43. The lowest BCUT2D eigenvalue weighted by Gasteiger charge is -2.33. The number of thioether (sulfide) groups is 1. The van der Waals surface area contributed by atoms with Crippen LogP contribution in [0.1, 0.15) is 25.7 Å². The van der Waals surface area contributed by atoms with Crippen molar-refractivity contribution in [3.63, 3.8) is 0 Å². The van der Waals surface area contributed by atoms with Crippen molar-refractivity contribution in [2.24, 2.45) is 0 Å². The summed E-state index contributed by atoms with van der Waals surface area (Å²) in [7, 11) is 0. The lowest BCUT2D eigenvalue weighted by Crippen LogP contribution is -2.45. The molecule has 0 aromatic carbocycles. The fraction of sp³-hybridized carbons (Fsp3) is 0.533. The van der Waals surface area contributed by atoms with Crippen LogP contribution in [0, 0.1) is 0 Å². The number of ether oxygens (including phenoxy) is 1. The van der Waals surface area contributed by atoms with Crippen LogP contribution >= 0.6 is 11.8 Å². The minimum Gasteiger partial charge on any atom is -0.407 e. The highest BCUT2D eigenvalue weighted by Crippen LogP contribution is 2.25. The normalized spacial score (nSPS) is 18.6. The predicted molar refractivity (Wildman–Crippen MR) is 85.0 cm³/mol. The molecule has 3 rings (SSSR count). The summed E-state index contributed by atoms with van der Waals surface area (Å²) < 4.78 is 11.4. The molecule has 1 saturated heterocycles. The fourth-order valence-corrected chi connectivity index (χ4v) is 3.20. The van der Waals surface area contributed by atoms with Gasteiger partial charge in [0, 0.05) is 23.8 Å². The zero-order valence-electron chi connectivity index (χ0n) is 12.6. The van der Waals surface area contributed by atoms with Gasteiger partial charge in [-0.25, -0.2) is 0 Å². The number of rotatable bonds is 6. The van der Waals surface area contributed by atoms with E-state index in [0.29, 0.717) is 30.3 Å². The van der Waals surface area contributed by atoms with Crippen molar-refractivity contribution in [3.05, 3.63) is 30.4 Å². The first kappa shape index (κ1) is 15.3. The highest BCUT2D eigenvalue weighted by Gasteiger charge is 2.26. The van der Waals surface area contributed by atoms with Crippen LogP contribution in [-0.4, -0.2) is 41.0 Å². The Bertz CT molecular complexity index is 576. The van der Waals surface area contributed by atoms with E-state index < -0.39 is 0 Å². The summed E-state index contributed by atoms with van der Waals surface area (Å²) in [6.07, 6.45) is 5.75. The first-order valence-electron chi connectivity index (χ1n) is 7.56. The van der Waals surface area contributed by atoms with Crippen LogP contribution in [0.2, 0.25) is 0 Å². The van der Waals surface area contributed by atoms with Crippen LogP contribution in [0.25, 0.3) is 0 Å². The third-order valence-electron chi connectivity index (χ3n) is 3.56. The van der Waals surface area contributed by atoms with Crippen LogP contribution in [0.4, 0.5) is 6.01 Å². The van der Waals surface area contributed by atoms with Gasteiger partial charge < -0.3 is 14.1 Å². The zero-order chi connectivity index (χ0) is 15.2. The lowest BCUT2D eigenvalue weighted by atomic mass is 10.1. The maximum absolute atomic E-state index is 5.83. The third-order valence-corrected chi connectivity index (χ3v) is 4.56. The number of hydrogen-bond acceptors (Lipinski definition) is 7. The highest BCUT2D eigenvalue weighted by molar-refractivity contribution is 7.98. The molecule has 3 heterocycles. The van der Waals surface area contributed by atoms with Gasteiger partial charge in [0.1, 0.15) is 0 Å². The summed E-state index contributed by atoms with van der Waals surface area (Å²) in [5.74, 6) is 1.32. The standard InChI is InChI=1S/C15H20N4O2S/c1-2-3-12-10-20-9-8-19(12)15-18-17-14(21-15)11-22-13-4-6-16-7-5-13/h4-7,12H,2-3,8-11H2,1H3. The monoisotopic (exact) mass is 320 g/mol. The van der Waals surface area contributed by atoms with Crippen LogP contribution in [0.3, 0.4) is 0 Å². The predicted octanol–water partition coefficient (Wildman–Crippen LogP) is 2.76. The molecule has 2 aromatic rings. The number of anilines is 1. The molecule has 0 bridgehead atoms. The molecule has 0 N–H and O–H groups in total. The molecule has 6 nitrogen and oxygen atoms in total. The van der Waals surface area contributed by atoms with Gasteiger partial charge in [0.2, 0.25) is 5.89 Å². The van der Waals surface area contributed by atoms with Crippen molar-refractivity contribution in [1.82, 2.24) is 15.2 Å². The van der Waals surface area contributed by atoms with Crippen LogP contribution in [-0.2, 0) is 10.5 Å². The molecule has 1 aliphatic heterocycles. The molecule has 0 aliphatic carbocycles. The largest absolute Gasteiger partial charge is 0.407 e. The minimum atomic E-state index is 0.333. The first-order chi connectivity index (χ1) is 10.9. The molecule has 7 heteroatoms. The molecular weight excluding hydrogens is 300 g/mol. The Hall–Kier alpha value is -1.60. The Morgan fingerprint density at radius 3 is 3.00 bits per heavy atom. The van der Waals surface area contributed by atoms with Gasteiger partial charge in [-0.3, -0.25) is 4.98 Å². The molecule has 0 radical (unpaired) electrons. The summed E-state index contributed by atoms with van der Waals surface area (Å²) in [4.78, 5) is 7.33. The fourth-order valence-electron chi connectivity index (χ4n) is 2.48. The maximum Gasteiger partial charge on any atom is 0.318 e. The summed E-state index contributed by atoms with van der Waals surface area (Å²) in [5.41, 5.74) is 0. The second-order valence-corrected chi connectivity index (χ2v) is 6.21. The average Bonchev–Trinajstić information content (AvgIpc) is 3.04. The topological polar surface area (TPSA) is 64.3 Å². The SMILES string of the molecule is CCCC1COCCN1c1nnc(CSc2ccncc2)o1. The van der Waals surface area contributed by atoms with E-state index in [2.05, 4.69) is 27.0 Å². The summed E-state index contributed by atoms with van der Waals surface area (Å²) in [5, 5.41) is 8.38. The first-order valence-corrected chi connectivity index (χ1v) is 8.55. The van der Waals surface area contributed by atoms with E-state index in [1.807, 2.05) is 12.1 Å². The van der Waals surface area contributed by atoms with E-state index in [0.717, 1.165) is 30.9 Å². The molecule has 0 amide bonds. The Morgan fingerprint density at radius 2 is 2.18 bits per heavy atom. The molecule has 0 saturated carbocycles. The van der Waals surface area contributed by atoms with Gasteiger partial charge in [-0.2, -0.15) is 0 Å². The Labute approximate surface area is 134 Å². The van der Waals surface area contributed by atoms with Crippen molar-refractivity contribution in [3.8, 4) is 0 Å². The molecule has 22 heavy (non-hydrogen) atoms. The van der Waals surface area contributed by atoms with E-state index in [1.165, 1.54) is 0 Å². The van der Waals surface area contributed by atoms with Crippen molar-refractivity contribution in [1.29, 1.82) is 0 Å². The molecule has 0 spiro atoms. The van der Waals surface area contributed by atoms with Gasteiger partial charge in [-0.1, -0.05) is 18.4 Å². The Balaban J connectivity index is 1.62. The average molecular weight is 320 g/mol. The Morgan fingerprint density at radius 1 is 1.32 bits per heavy atom. The molecule has 1 atom stereocenters. The van der Waals surface area contributed by atoms with Crippen LogP contribution in [0.15, 0.2) is 33.8 Å². The van der Waals surface area contributed by atoms with Crippen LogP contribution in [0.5, 0.6) is 0 Å². The van der Waals surface area contributed by atoms with E-state index in [1.54, 1.807) is 24.2 Å². The van der Waals surface area contributed by atoms with E-state index in [-0.39, 0.29) is 0 Å². The summed E-state index contributed by atoms with van der Waals surface area (Å²) in [6, 6.07) is 4.90. The number of aromatic nitrogens is 3. The minimum absolute atomic E-state index is 0.333. The van der Waals surface area contributed by atoms with Crippen molar-refractivity contribution in [2.75, 3.05) is 24.7 Å². The highest BCUT2D eigenvalue weighted by atomic mass is 32.2. The van der Waals surface area contributed by atoms with Crippen molar-refractivity contribution >= 4 is 17.8 Å². The van der Waals surface area contributed by atoms with Gasteiger partial charge in [0.05, 0.1) is 25.0 Å². The lowest BCUT2D eigenvalue weighted by molar-refractivity contribution is 0.0883.